The summed E-state index contributed by atoms with van der Waals surface area (Å²) < 4.78 is 25.2. The van der Waals surface area contributed by atoms with E-state index in [4.69, 9.17) is 9.31 Å². The first-order valence-electron chi connectivity index (χ1n) is 6.42. The molecule has 1 N–H and O–H groups in total. The second-order valence-electron chi connectivity index (χ2n) is 5.73. The van der Waals surface area contributed by atoms with Crippen LogP contribution in [0.25, 0.3) is 0 Å². The van der Waals surface area contributed by atoms with Gasteiger partial charge in [0.25, 0.3) is 5.91 Å². The van der Waals surface area contributed by atoms with Crippen LogP contribution in [0.15, 0.2) is 12.1 Å². The van der Waals surface area contributed by atoms with E-state index in [1.807, 2.05) is 27.7 Å². The topological polar surface area (TPSA) is 60.5 Å². The highest BCUT2D eigenvalue weighted by Crippen LogP contribution is 2.36. The number of aromatic nitrogens is 1. The van der Waals surface area contributed by atoms with Gasteiger partial charge in [-0.3, -0.25) is 4.79 Å². The summed E-state index contributed by atoms with van der Waals surface area (Å²) in [5.41, 5.74) is -0.912. The molecule has 1 saturated heterocycles. The maximum atomic E-state index is 13.6. The first-order chi connectivity index (χ1) is 9.18. The van der Waals surface area contributed by atoms with Crippen LogP contribution in [0.3, 0.4) is 0 Å². The zero-order valence-corrected chi connectivity index (χ0v) is 12.3. The number of carbonyl (C=O) groups is 1. The Hall–Kier alpha value is -1.47. The summed E-state index contributed by atoms with van der Waals surface area (Å²) in [4.78, 5) is 15.6. The van der Waals surface area contributed by atoms with Gasteiger partial charge in [-0.2, -0.15) is 0 Å². The minimum Gasteiger partial charge on any atom is -0.398 e. The van der Waals surface area contributed by atoms with Gasteiger partial charge in [-0.25, -0.2) is 9.37 Å². The van der Waals surface area contributed by atoms with E-state index in [-0.39, 0.29) is 5.69 Å². The molecular weight excluding hydrogens is 262 g/mol. The fourth-order valence-electron chi connectivity index (χ4n) is 1.83. The molecule has 0 spiro atoms. The van der Waals surface area contributed by atoms with Crippen molar-refractivity contribution in [3.63, 3.8) is 0 Å². The Morgan fingerprint density at radius 1 is 1.25 bits per heavy atom. The van der Waals surface area contributed by atoms with Crippen LogP contribution in [0.4, 0.5) is 4.39 Å². The Morgan fingerprint density at radius 3 is 2.30 bits per heavy atom. The van der Waals surface area contributed by atoms with Gasteiger partial charge in [0.15, 0.2) is 11.5 Å². The van der Waals surface area contributed by atoms with E-state index in [2.05, 4.69) is 10.3 Å². The summed E-state index contributed by atoms with van der Waals surface area (Å²) in [6.45, 7) is 7.65. The Balaban J connectivity index is 2.34. The Kier molecular flexibility index (Phi) is 3.60. The predicted octanol–water partition coefficient (Wildman–Crippen LogP) is 0.879. The first-order valence-corrected chi connectivity index (χ1v) is 6.42. The van der Waals surface area contributed by atoms with Crippen molar-refractivity contribution in [2.24, 2.45) is 0 Å². The Labute approximate surface area is 118 Å². The van der Waals surface area contributed by atoms with E-state index in [9.17, 15) is 9.18 Å². The van der Waals surface area contributed by atoms with Crippen LogP contribution in [0.2, 0.25) is 0 Å². The molecule has 2 heterocycles. The number of pyridine rings is 1. The standard InChI is InChI=1S/C13H18BFN2O3/c1-12(2)13(3,4)20-14(19-12)9-7-6-8(15)10(17-9)11(18)16-5/h6-7H,1-5H3,(H,16,18). The van der Waals surface area contributed by atoms with Crippen molar-refractivity contribution in [1.82, 2.24) is 10.3 Å². The maximum absolute atomic E-state index is 13.6. The van der Waals surface area contributed by atoms with Gasteiger partial charge in [-0.15, -0.1) is 0 Å². The van der Waals surface area contributed by atoms with Crippen molar-refractivity contribution >= 4 is 18.6 Å². The molecule has 0 saturated carbocycles. The van der Waals surface area contributed by atoms with Crippen LogP contribution >= 0.6 is 0 Å². The lowest BCUT2D eigenvalue weighted by Gasteiger charge is -2.32. The molecule has 1 aliphatic heterocycles. The second-order valence-corrected chi connectivity index (χ2v) is 5.73. The molecule has 1 aromatic heterocycles. The van der Waals surface area contributed by atoms with Gasteiger partial charge in [-0.1, -0.05) is 0 Å². The average Bonchev–Trinajstić information content (AvgIpc) is 2.58. The second kappa shape index (κ2) is 4.82. The summed E-state index contributed by atoms with van der Waals surface area (Å²) in [6, 6.07) is 2.65. The van der Waals surface area contributed by atoms with Crippen molar-refractivity contribution in [2.75, 3.05) is 7.05 Å². The smallest absolute Gasteiger partial charge is 0.398 e. The lowest BCUT2D eigenvalue weighted by atomic mass is 9.84. The zero-order valence-electron chi connectivity index (χ0n) is 12.3. The normalized spacial score (nSPS) is 20.0. The molecule has 0 radical (unpaired) electrons. The predicted molar refractivity (Wildman–Crippen MR) is 73.3 cm³/mol. The van der Waals surface area contributed by atoms with Gasteiger partial charge >= 0.3 is 7.12 Å². The van der Waals surface area contributed by atoms with Gasteiger partial charge in [0.1, 0.15) is 0 Å². The average molecular weight is 280 g/mol. The molecule has 0 atom stereocenters. The lowest BCUT2D eigenvalue weighted by molar-refractivity contribution is 0.00578. The number of hydrogen-bond donors (Lipinski definition) is 1. The van der Waals surface area contributed by atoms with Crippen LogP contribution in [-0.4, -0.2) is 36.3 Å². The summed E-state index contributed by atoms with van der Waals surface area (Å²) in [6.07, 6.45) is 0. The number of amides is 1. The van der Waals surface area contributed by atoms with Gasteiger partial charge < -0.3 is 14.6 Å². The van der Waals surface area contributed by atoms with Crippen LogP contribution in [-0.2, 0) is 9.31 Å². The minimum absolute atomic E-state index is 0.264. The number of nitrogens with one attached hydrogen (secondary N) is 1. The van der Waals surface area contributed by atoms with Crippen molar-refractivity contribution in [3.8, 4) is 0 Å². The van der Waals surface area contributed by atoms with Crippen LogP contribution in [0.5, 0.6) is 0 Å². The number of carbonyl (C=O) groups excluding carboxylic acids is 1. The largest absolute Gasteiger partial charge is 0.514 e. The molecule has 5 nitrogen and oxygen atoms in total. The third-order valence-corrected chi connectivity index (χ3v) is 3.80. The zero-order chi connectivity index (χ0) is 15.1. The van der Waals surface area contributed by atoms with E-state index >= 15 is 0 Å². The lowest BCUT2D eigenvalue weighted by Crippen LogP contribution is -2.41. The van der Waals surface area contributed by atoms with Crippen molar-refractivity contribution < 1.29 is 18.5 Å². The van der Waals surface area contributed by atoms with Crippen LogP contribution < -0.4 is 10.9 Å². The molecule has 0 aromatic carbocycles. The fraction of sp³-hybridized carbons (Fsp3) is 0.538. The van der Waals surface area contributed by atoms with Gasteiger partial charge in [-0.05, 0) is 39.8 Å². The molecule has 1 amide bonds. The first kappa shape index (κ1) is 14.9. The van der Waals surface area contributed by atoms with E-state index in [0.717, 1.165) is 0 Å². The molecule has 0 unspecified atom stereocenters. The fourth-order valence-corrected chi connectivity index (χ4v) is 1.83. The van der Waals surface area contributed by atoms with E-state index in [1.165, 1.54) is 19.2 Å². The Bertz CT molecular complexity index is 532. The highest BCUT2D eigenvalue weighted by molar-refractivity contribution is 6.61. The van der Waals surface area contributed by atoms with E-state index in [1.54, 1.807) is 0 Å². The molecule has 1 fully saturated rings. The minimum atomic E-state index is -0.719. The van der Waals surface area contributed by atoms with Crippen molar-refractivity contribution in [2.45, 2.75) is 38.9 Å². The summed E-state index contributed by atoms with van der Waals surface area (Å²) in [5.74, 6) is -1.26. The molecule has 7 heteroatoms. The van der Waals surface area contributed by atoms with Crippen molar-refractivity contribution in [1.29, 1.82) is 0 Å². The SMILES string of the molecule is CNC(=O)c1nc(B2OC(C)(C)C(C)(C)O2)ccc1F. The number of nitrogens with zero attached hydrogens (tertiary/aromatic N) is 1. The quantitative estimate of drug-likeness (QED) is 0.817. The molecule has 20 heavy (non-hydrogen) atoms. The molecule has 0 bridgehead atoms. The summed E-state index contributed by atoms with van der Waals surface area (Å²) in [5, 5.41) is 2.35. The third kappa shape index (κ3) is 2.43. The monoisotopic (exact) mass is 280 g/mol. The molecular formula is C13H18BFN2O3. The third-order valence-electron chi connectivity index (χ3n) is 3.80. The van der Waals surface area contributed by atoms with Crippen LogP contribution in [0.1, 0.15) is 38.2 Å². The molecule has 1 aromatic rings. The molecule has 1 aliphatic rings. The van der Waals surface area contributed by atoms with E-state index in [0.29, 0.717) is 5.59 Å². The van der Waals surface area contributed by atoms with Crippen LogP contribution in [0, 0.1) is 5.82 Å². The maximum Gasteiger partial charge on any atom is 0.514 e. The van der Waals surface area contributed by atoms with Gasteiger partial charge in [0.05, 0.1) is 16.8 Å². The van der Waals surface area contributed by atoms with Gasteiger partial charge in [0, 0.05) is 7.05 Å². The highest BCUT2D eigenvalue weighted by Gasteiger charge is 2.52. The number of halogens is 1. The van der Waals surface area contributed by atoms with E-state index < -0.39 is 30.0 Å². The van der Waals surface area contributed by atoms with Gasteiger partial charge in [0.2, 0.25) is 0 Å². The number of hydrogen-bond acceptors (Lipinski definition) is 4. The Morgan fingerprint density at radius 2 is 1.80 bits per heavy atom. The highest BCUT2D eigenvalue weighted by atomic mass is 19.1. The van der Waals surface area contributed by atoms with Crippen molar-refractivity contribution in [3.05, 3.63) is 23.6 Å². The molecule has 108 valence electrons. The number of rotatable bonds is 2. The summed E-state index contributed by atoms with van der Waals surface area (Å²) >= 11 is 0. The molecule has 0 aliphatic carbocycles. The summed E-state index contributed by atoms with van der Waals surface area (Å²) in [7, 11) is 0.703. The molecule has 2 rings (SSSR count).